The molecule has 3 rings (SSSR count). The van der Waals surface area contributed by atoms with Gasteiger partial charge in [0.05, 0.1) is 14.2 Å². The number of rotatable bonds is 3. The summed E-state index contributed by atoms with van der Waals surface area (Å²) >= 11 is 0. The van der Waals surface area contributed by atoms with Crippen LogP contribution in [0, 0.1) is 5.82 Å². The molecule has 0 aliphatic carbocycles. The molecule has 0 unspecified atom stereocenters. The fraction of sp³-hybridized carbons (Fsp3) is 0.235. The Morgan fingerprint density at radius 2 is 1.77 bits per heavy atom. The van der Waals surface area contributed by atoms with Gasteiger partial charge < -0.3 is 14.4 Å². The van der Waals surface area contributed by atoms with Crippen molar-refractivity contribution in [3.8, 4) is 11.5 Å². The fourth-order valence-corrected chi connectivity index (χ4v) is 2.67. The lowest BCUT2D eigenvalue weighted by molar-refractivity contribution is 0.0988. The number of benzene rings is 2. The van der Waals surface area contributed by atoms with E-state index in [0.29, 0.717) is 30.0 Å². The second-order valence-electron chi connectivity index (χ2n) is 5.08. The minimum atomic E-state index is -0.281. The number of halogens is 1. The normalized spacial score (nSPS) is 13.0. The molecular weight excluding hydrogens is 285 g/mol. The number of anilines is 1. The second kappa shape index (κ2) is 5.67. The molecule has 1 aliphatic heterocycles. The van der Waals surface area contributed by atoms with Gasteiger partial charge in [0.1, 0.15) is 17.3 Å². The molecule has 0 N–H and O–H groups in total. The number of hydrogen-bond acceptors (Lipinski definition) is 3. The Morgan fingerprint density at radius 1 is 1.09 bits per heavy atom. The highest BCUT2D eigenvalue weighted by Gasteiger charge is 2.26. The first-order valence-electron chi connectivity index (χ1n) is 6.95. The molecule has 1 amide bonds. The van der Waals surface area contributed by atoms with Gasteiger partial charge >= 0.3 is 0 Å². The van der Waals surface area contributed by atoms with Gasteiger partial charge in [0.2, 0.25) is 0 Å². The molecule has 0 atom stereocenters. The lowest BCUT2D eigenvalue weighted by atomic mass is 10.1. The van der Waals surface area contributed by atoms with E-state index in [0.717, 1.165) is 11.3 Å². The number of carbonyl (C=O) groups is 1. The van der Waals surface area contributed by atoms with E-state index >= 15 is 0 Å². The van der Waals surface area contributed by atoms with Crippen LogP contribution in [0.1, 0.15) is 15.9 Å². The Kier molecular flexibility index (Phi) is 3.71. The third kappa shape index (κ3) is 2.50. The average molecular weight is 301 g/mol. The molecule has 114 valence electrons. The van der Waals surface area contributed by atoms with Crippen molar-refractivity contribution >= 4 is 11.6 Å². The van der Waals surface area contributed by atoms with Crippen molar-refractivity contribution in [1.82, 2.24) is 0 Å². The van der Waals surface area contributed by atoms with Crippen LogP contribution in [0.4, 0.5) is 10.1 Å². The van der Waals surface area contributed by atoms with Crippen molar-refractivity contribution in [2.75, 3.05) is 25.7 Å². The van der Waals surface area contributed by atoms with Crippen LogP contribution in [-0.4, -0.2) is 26.7 Å². The minimum absolute atomic E-state index is 0.150. The molecule has 0 bridgehead atoms. The summed E-state index contributed by atoms with van der Waals surface area (Å²) in [6.45, 7) is 0.539. The van der Waals surface area contributed by atoms with E-state index in [4.69, 9.17) is 9.47 Å². The van der Waals surface area contributed by atoms with E-state index in [1.54, 1.807) is 29.2 Å². The highest BCUT2D eigenvalue weighted by Crippen LogP contribution is 2.31. The van der Waals surface area contributed by atoms with E-state index in [2.05, 4.69) is 0 Å². The largest absolute Gasteiger partial charge is 0.497 e. The summed E-state index contributed by atoms with van der Waals surface area (Å²) in [5, 5.41) is 0. The van der Waals surface area contributed by atoms with Crippen LogP contribution in [0.15, 0.2) is 36.4 Å². The van der Waals surface area contributed by atoms with Gasteiger partial charge in [-0.3, -0.25) is 4.79 Å². The fourth-order valence-electron chi connectivity index (χ4n) is 2.67. The summed E-state index contributed by atoms with van der Waals surface area (Å²) in [4.78, 5) is 14.4. The van der Waals surface area contributed by atoms with Crippen LogP contribution in [-0.2, 0) is 6.42 Å². The number of hydrogen-bond donors (Lipinski definition) is 0. The topological polar surface area (TPSA) is 38.8 Å². The molecule has 5 heteroatoms. The van der Waals surface area contributed by atoms with Gasteiger partial charge in [-0.1, -0.05) is 0 Å². The summed E-state index contributed by atoms with van der Waals surface area (Å²) in [6.07, 6.45) is 0.653. The van der Waals surface area contributed by atoms with Gasteiger partial charge in [0.15, 0.2) is 0 Å². The number of ether oxygens (including phenoxy) is 2. The lowest BCUT2D eigenvalue weighted by Crippen LogP contribution is -2.28. The van der Waals surface area contributed by atoms with Crippen LogP contribution < -0.4 is 14.4 Å². The van der Waals surface area contributed by atoms with E-state index in [1.165, 1.54) is 26.4 Å². The average Bonchev–Trinajstić information content (AvgIpc) is 2.96. The summed E-state index contributed by atoms with van der Waals surface area (Å²) < 4.78 is 23.7. The smallest absolute Gasteiger partial charge is 0.258 e. The van der Waals surface area contributed by atoms with Crippen LogP contribution >= 0.6 is 0 Å². The van der Waals surface area contributed by atoms with Gasteiger partial charge in [0, 0.05) is 23.9 Å². The Labute approximate surface area is 128 Å². The van der Waals surface area contributed by atoms with Crippen LogP contribution in [0.5, 0.6) is 11.5 Å². The quantitative estimate of drug-likeness (QED) is 0.874. The second-order valence-corrected chi connectivity index (χ2v) is 5.08. The highest BCUT2D eigenvalue weighted by molar-refractivity contribution is 6.07. The Balaban J connectivity index is 1.96. The zero-order valence-electron chi connectivity index (χ0n) is 12.4. The van der Waals surface area contributed by atoms with Crippen molar-refractivity contribution in [1.29, 1.82) is 0 Å². The van der Waals surface area contributed by atoms with Crippen LogP contribution in [0.25, 0.3) is 0 Å². The third-order valence-corrected chi connectivity index (χ3v) is 3.78. The molecule has 1 aliphatic rings. The molecular formula is C17H16FNO3. The van der Waals surface area contributed by atoms with Crippen molar-refractivity contribution in [2.24, 2.45) is 0 Å². The number of carbonyl (C=O) groups excluding carboxylic acids is 1. The zero-order chi connectivity index (χ0) is 15.7. The van der Waals surface area contributed by atoms with Gasteiger partial charge in [-0.15, -0.1) is 0 Å². The Hall–Kier alpha value is -2.56. The van der Waals surface area contributed by atoms with E-state index in [-0.39, 0.29) is 11.7 Å². The maximum absolute atomic E-state index is 13.3. The molecule has 0 aromatic heterocycles. The minimum Gasteiger partial charge on any atom is -0.497 e. The lowest BCUT2D eigenvalue weighted by Gasteiger charge is -2.18. The van der Waals surface area contributed by atoms with E-state index in [1.807, 2.05) is 0 Å². The summed E-state index contributed by atoms with van der Waals surface area (Å²) in [5.74, 6) is 0.682. The zero-order valence-corrected chi connectivity index (χ0v) is 12.4. The van der Waals surface area contributed by atoms with Crippen LogP contribution in [0.2, 0.25) is 0 Å². The first-order valence-corrected chi connectivity index (χ1v) is 6.95. The molecule has 0 saturated heterocycles. The molecule has 0 spiro atoms. The van der Waals surface area contributed by atoms with Crippen molar-refractivity contribution in [2.45, 2.75) is 6.42 Å². The standard InChI is InChI=1S/C17H16FNO3/c1-21-14-8-12(9-15(10-14)22-2)17(20)19-6-5-11-7-13(18)3-4-16(11)19/h3-4,7-10H,5-6H2,1-2H3. The van der Waals surface area contributed by atoms with Crippen molar-refractivity contribution in [3.63, 3.8) is 0 Å². The van der Waals surface area contributed by atoms with Crippen LogP contribution in [0.3, 0.4) is 0 Å². The first-order chi connectivity index (χ1) is 10.6. The molecule has 4 nitrogen and oxygen atoms in total. The SMILES string of the molecule is COc1cc(OC)cc(C(=O)N2CCc3cc(F)ccc32)c1. The Bertz CT molecular complexity index is 708. The number of amides is 1. The molecule has 0 fully saturated rings. The van der Waals surface area contributed by atoms with Crippen molar-refractivity contribution in [3.05, 3.63) is 53.3 Å². The van der Waals surface area contributed by atoms with Gasteiger partial charge in [0.25, 0.3) is 5.91 Å². The Morgan fingerprint density at radius 3 is 2.41 bits per heavy atom. The van der Waals surface area contributed by atoms with Gasteiger partial charge in [-0.2, -0.15) is 0 Å². The summed E-state index contributed by atoms with van der Waals surface area (Å²) in [5.41, 5.74) is 2.09. The van der Waals surface area contributed by atoms with Crippen molar-refractivity contribution < 1.29 is 18.7 Å². The van der Waals surface area contributed by atoms with E-state index in [9.17, 15) is 9.18 Å². The number of fused-ring (bicyclic) bond motifs is 1. The van der Waals surface area contributed by atoms with E-state index < -0.39 is 0 Å². The molecule has 2 aromatic carbocycles. The number of nitrogens with zero attached hydrogens (tertiary/aromatic N) is 1. The monoisotopic (exact) mass is 301 g/mol. The van der Waals surface area contributed by atoms with Gasteiger partial charge in [-0.25, -0.2) is 4.39 Å². The summed E-state index contributed by atoms with van der Waals surface area (Å²) in [6, 6.07) is 9.56. The maximum atomic E-state index is 13.3. The van der Waals surface area contributed by atoms with Gasteiger partial charge in [-0.05, 0) is 42.3 Å². The maximum Gasteiger partial charge on any atom is 0.258 e. The number of methoxy groups -OCH3 is 2. The molecule has 2 aromatic rings. The predicted molar refractivity (Wildman–Crippen MR) is 81.3 cm³/mol. The first kappa shape index (κ1) is 14.4. The molecule has 0 saturated carbocycles. The molecule has 22 heavy (non-hydrogen) atoms. The summed E-state index contributed by atoms with van der Waals surface area (Å²) in [7, 11) is 3.08. The molecule has 1 heterocycles. The highest BCUT2D eigenvalue weighted by atomic mass is 19.1. The third-order valence-electron chi connectivity index (χ3n) is 3.78. The predicted octanol–water partition coefficient (Wildman–Crippen LogP) is 3.05. The molecule has 0 radical (unpaired) electrons.